The van der Waals surface area contributed by atoms with Gasteiger partial charge in [-0.15, -0.1) is 0 Å². The molecule has 1 aromatic carbocycles. The van der Waals surface area contributed by atoms with Crippen molar-refractivity contribution in [1.29, 1.82) is 0 Å². The van der Waals surface area contributed by atoms with Crippen LogP contribution < -0.4 is 10.1 Å². The number of carboxylic acids is 1. The summed E-state index contributed by atoms with van der Waals surface area (Å²) in [7, 11) is 0. The number of hydrogen-bond acceptors (Lipinski definition) is 4. The molecule has 7 heteroatoms. The van der Waals surface area contributed by atoms with Crippen molar-refractivity contribution in [3.8, 4) is 5.75 Å². The molecule has 3 rings (SSSR count). The van der Waals surface area contributed by atoms with Crippen molar-refractivity contribution in [2.45, 2.75) is 12.8 Å². The summed E-state index contributed by atoms with van der Waals surface area (Å²) in [5.41, 5.74) is -0.207. The van der Waals surface area contributed by atoms with Gasteiger partial charge in [-0.3, -0.25) is 14.6 Å². The number of aromatic nitrogens is 1. The van der Waals surface area contributed by atoms with E-state index >= 15 is 0 Å². The fourth-order valence-electron chi connectivity index (χ4n) is 2.31. The van der Waals surface area contributed by atoms with Gasteiger partial charge in [0, 0.05) is 18.1 Å². The number of benzene rings is 1. The summed E-state index contributed by atoms with van der Waals surface area (Å²) in [6.07, 6.45) is 2.81. The van der Waals surface area contributed by atoms with Crippen LogP contribution in [0, 0.1) is 5.41 Å². The quantitative estimate of drug-likeness (QED) is 0.845. The Bertz CT molecular complexity index is 774. The average Bonchev–Trinajstić information content (AvgIpc) is 3.34. The Morgan fingerprint density at radius 2 is 2.13 bits per heavy atom. The van der Waals surface area contributed by atoms with Crippen LogP contribution in [0.25, 0.3) is 10.9 Å². The largest absolute Gasteiger partial charge is 0.481 e. The van der Waals surface area contributed by atoms with Gasteiger partial charge < -0.3 is 15.2 Å². The van der Waals surface area contributed by atoms with Gasteiger partial charge >= 0.3 is 5.97 Å². The number of aliphatic carboxylic acids is 1. The molecule has 23 heavy (non-hydrogen) atoms. The Morgan fingerprint density at radius 3 is 2.83 bits per heavy atom. The number of fused-ring (bicyclic) bond motifs is 1. The molecular formula is C16H15ClN2O4. The number of ether oxygens (including phenoxy) is 1. The fourth-order valence-corrected chi connectivity index (χ4v) is 2.52. The maximum absolute atomic E-state index is 11.8. The normalized spacial score (nSPS) is 15.2. The molecule has 1 aliphatic rings. The van der Waals surface area contributed by atoms with E-state index in [1.165, 1.54) is 0 Å². The van der Waals surface area contributed by atoms with Crippen LogP contribution in [0.15, 0.2) is 30.5 Å². The Hall–Kier alpha value is -2.34. The Labute approximate surface area is 137 Å². The van der Waals surface area contributed by atoms with Gasteiger partial charge in [-0.1, -0.05) is 11.6 Å². The monoisotopic (exact) mass is 334 g/mol. The zero-order chi connectivity index (χ0) is 16.4. The first-order valence-electron chi connectivity index (χ1n) is 7.18. The first-order chi connectivity index (χ1) is 11.0. The third-order valence-electron chi connectivity index (χ3n) is 3.97. The minimum Gasteiger partial charge on any atom is -0.481 e. The van der Waals surface area contributed by atoms with Crippen LogP contribution in [0.2, 0.25) is 5.02 Å². The molecule has 1 heterocycles. The van der Waals surface area contributed by atoms with Gasteiger partial charge in [0.05, 0.1) is 10.4 Å². The van der Waals surface area contributed by atoms with Crippen LogP contribution in [-0.2, 0) is 9.59 Å². The summed E-state index contributed by atoms with van der Waals surface area (Å²) in [6.45, 7) is -0.0762. The number of halogens is 1. The van der Waals surface area contributed by atoms with E-state index in [-0.39, 0.29) is 19.1 Å². The zero-order valence-electron chi connectivity index (χ0n) is 12.2. The summed E-state index contributed by atoms with van der Waals surface area (Å²) < 4.78 is 5.50. The van der Waals surface area contributed by atoms with Crippen molar-refractivity contribution in [3.05, 3.63) is 35.5 Å². The molecule has 1 amide bonds. The molecule has 0 saturated heterocycles. The molecular weight excluding hydrogens is 320 g/mol. The van der Waals surface area contributed by atoms with Crippen LogP contribution in [0.3, 0.4) is 0 Å². The first-order valence-corrected chi connectivity index (χ1v) is 7.56. The first kappa shape index (κ1) is 15.6. The van der Waals surface area contributed by atoms with Gasteiger partial charge in [-0.05, 0) is 37.1 Å². The molecule has 0 atom stereocenters. The molecule has 0 unspecified atom stereocenters. The van der Waals surface area contributed by atoms with Crippen LogP contribution in [0.1, 0.15) is 12.8 Å². The van der Waals surface area contributed by atoms with E-state index in [4.69, 9.17) is 21.4 Å². The molecule has 0 aliphatic heterocycles. The molecule has 1 fully saturated rings. The van der Waals surface area contributed by atoms with Crippen LogP contribution in [0.4, 0.5) is 0 Å². The second-order valence-electron chi connectivity index (χ2n) is 5.60. The number of carbonyl (C=O) groups is 2. The maximum Gasteiger partial charge on any atom is 0.311 e. The SMILES string of the molecule is O=C(COc1ccc(Cl)c2cccnc12)NCC1(C(=O)O)CC1. The smallest absolute Gasteiger partial charge is 0.311 e. The molecule has 1 saturated carbocycles. The van der Waals surface area contributed by atoms with Gasteiger partial charge in [0.25, 0.3) is 5.91 Å². The number of nitrogens with one attached hydrogen (secondary N) is 1. The van der Waals surface area contributed by atoms with Crippen LogP contribution in [-0.4, -0.2) is 35.1 Å². The second-order valence-corrected chi connectivity index (χ2v) is 6.00. The Kier molecular flexibility index (Phi) is 4.09. The van der Waals surface area contributed by atoms with Crippen molar-refractivity contribution in [3.63, 3.8) is 0 Å². The maximum atomic E-state index is 11.8. The number of carbonyl (C=O) groups excluding carboxylic acids is 1. The van der Waals surface area contributed by atoms with Gasteiger partial charge in [-0.25, -0.2) is 0 Å². The lowest BCUT2D eigenvalue weighted by Gasteiger charge is -2.12. The lowest BCUT2D eigenvalue weighted by atomic mass is 10.1. The van der Waals surface area contributed by atoms with Crippen molar-refractivity contribution < 1.29 is 19.4 Å². The summed E-state index contributed by atoms with van der Waals surface area (Å²) >= 11 is 6.10. The van der Waals surface area contributed by atoms with E-state index < -0.39 is 11.4 Å². The average molecular weight is 335 g/mol. The fraction of sp³-hybridized carbons (Fsp3) is 0.312. The molecule has 6 nitrogen and oxygen atoms in total. The molecule has 0 radical (unpaired) electrons. The van der Waals surface area contributed by atoms with Crippen LogP contribution in [0.5, 0.6) is 5.75 Å². The lowest BCUT2D eigenvalue weighted by molar-refractivity contribution is -0.143. The summed E-state index contributed by atoms with van der Waals surface area (Å²) in [5, 5.41) is 13.0. The van der Waals surface area contributed by atoms with Gasteiger partial charge in [-0.2, -0.15) is 0 Å². The summed E-state index contributed by atoms with van der Waals surface area (Å²) in [5.74, 6) is -0.775. The topological polar surface area (TPSA) is 88.5 Å². The highest BCUT2D eigenvalue weighted by Crippen LogP contribution is 2.45. The van der Waals surface area contributed by atoms with E-state index in [9.17, 15) is 9.59 Å². The number of hydrogen-bond donors (Lipinski definition) is 2. The predicted octanol–water partition coefficient (Wildman–Crippen LogP) is 2.25. The predicted molar refractivity (Wildman–Crippen MR) is 84.6 cm³/mol. The standard InChI is InChI=1S/C16H15ClN2O4/c17-11-3-4-12(14-10(11)2-1-7-18-14)23-8-13(20)19-9-16(5-6-16)15(21)22/h1-4,7H,5-6,8-9H2,(H,19,20)(H,21,22). The number of nitrogens with zero attached hydrogens (tertiary/aromatic N) is 1. The van der Waals surface area contributed by atoms with E-state index in [2.05, 4.69) is 10.3 Å². The van der Waals surface area contributed by atoms with Gasteiger partial charge in [0.1, 0.15) is 11.3 Å². The minimum absolute atomic E-state index is 0.129. The summed E-state index contributed by atoms with van der Waals surface area (Å²) in [6, 6.07) is 6.93. The van der Waals surface area contributed by atoms with E-state index in [1.54, 1.807) is 24.4 Å². The van der Waals surface area contributed by atoms with Gasteiger partial charge in [0.2, 0.25) is 0 Å². The minimum atomic E-state index is -0.869. The highest BCUT2D eigenvalue weighted by Gasteiger charge is 2.50. The van der Waals surface area contributed by atoms with E-state index in [1.807, 2.05) is 6.07 Å². The third kappa shape index (κ3) is 3.22. The van der Waals surface area contributed by atoms with E-state index in [0.29, 0.717) is 29.1 Å². The van der Waals surface area contributed by atoms with Crippen molar-refractivity contribution in [2.75, 3.05) is 13.2 Å². The highest BCUT2D eigenvalue weighted by atomic mass is 35.5. The molecule has 0 spiro atoms. The van der Waals surface area contributed by atoms with Crippen molar-refractivity contribution in [1.82, 2.24) is 10.3 Å². The molecule has 0 bridgehead atoms. The molecule has 1 aliphatic carbocycles. The van der Waals surface area contributed by atoms with E-state index in [0.717, 1.165) is 5.39 Å². The zero-order valence-corrected chi connectivity index (χ0v) is 13.0. The third-order valence-corrected chi connectivity index (χ3v) is 4.30. The van der Waals surface area contributed by atoms with Crippen molar-refractivity contribution in [2.24, 2.45) is 5.41 Å². The lowest BCUT2D eigenvalue weighted by Crippen LogP contribution is -2.36. The number of pyridine rings is 1. The van der Waals surface area contributed by atoms with Gasteiger partial charge in [0.15, 0.2) is 6.61 Å². The Balaban J connectivity index is 1.61. The van der Waals surface area contributed by atoms with Crippen molar-refractivity contribution >= 4 is 34.4 Å². The second kappa shape index (κ2) is 6.04. The summed E-state index contributed by atoms with van der Waals surface area (Å²) in [4.78, 5) is 27.1. The molecule has 1 aromatic heterocycles. The van der Waals surface area contributed by atoms with Crippen LogP contribution >= 0.6 is 11.6 Å². The highest BCUT2D eigenvalue weighted by molar-refractivity contribution is 6.35. The number of rotatable bonds is 6. The number of amides is 1. The molecule has 120 valence electrons. The number of carboxylic acid groups (broad SMARTS) is 1. The molecule has 2 aromatic rings. The molecule has 2 N–H and O–H groups in total. The Morgan fingerprint density at radius 1 is 1.35 bits per heavy atom.